The predicted octanol–water partition coefficient (Wildman–Crippen LogP) is 4.92. The molecule has 4 rings (SSSR count). The van der Waals surface area contributed by atoms with Gasteiger partial charge in [0.25, 0.3) is 11.7 Å². The van der Waals surface area contributed by atoms with Crippen molar-refractivity contribution in [2.24, 2.45) is 5.92 Å². The zero-order valence-corrected chi connectivity index (χ0v) is 19.6. The van der Waals surface area contributed by atoms with E-state index in [1.165, 1.54) is 17.0 Å². The van der Waals surface area contributed by atoms with Crippen LogP contribution >= 0.6 is 0 Å². The lowest BCUT2D eigenvalue weighted by Gasteiger charge is -2.25. The molecule has 0 spiro atoms. The number of aromatic nitrogens is 1. The topological polar surface area (TPSA) is 79.7 Å². The molecule has 3 aromatic rings. The second kappa shape index (κ2) is 10.5. The minimum Gasteiger partial charge on any atom is -0.507 e. The van der Waals surface area contributed by atoms with Crippen molar-refractivity contribution in [1.29, 1.82) is 0 Å². The van der Waals surface area contributed by atoms with Gasteiger partial charge in [0.1, 0.15) is 17.3 Å². The van der Waals surface area contributed by atoms with Crippen LogP contribution in [0.2, 0.25) is 0 Å². The van der Waals surface area contributed by atoms with Gasteiger partial charge in [-0.1, -0.05) is 26.0 Å². The molecule has 1 amide bonds. The lowest BCUT2D eigenvalue weighted by Crippen LogP contribution is -2.31. The number of aliphatic hydroxyl groups excluding tert-OH is 1. The Bertz CT molecular complexity index is 1220. The fourth-order valence-electron chi connectivity index (χ4n) is 4.03. The third kappa shape index (κ3) is 5.40. The van der Waals surface area contributed by atoms with Crippen molar-refractivity contribution in [1.82, 2.24) is 9.88 Å². The van der Waals surface area contributed by atoms with Gasteiger partial charge in [-0.2, -0.15) is 0 Å². The summed E-state index contributed by atoms with van der Waals surface area (Å²) in [6.07, 6.45) is 3.59. The van der Waals surface area contributed by atoms with Crippen molar-refractivity contribution < 1.29 is 23.8 Å². The summed E-state index contributed by atoms with van der Waals surface area (Å²) in [5, 5.41) is 11.2. The van der Waals surface area contributed by atoms with Crippen LogP contribution in [0.5, 0.6) is 5.75 Å². The van der Waals surface area contributed by atoms with Crippen LogP contribution in [0.15, 0.2) is 78.6 Å². The number of aliphatic hydroxyl groups is 1. The lowest BCUT2D eigenvalue weighted by atomic mass is 9.96. The Morgan fingerprint density at radius 3 is 2.31 bits per heavy atom. The normalized spacial score (nSPS) is 17.3. The van der Waals surface area contributed by atoms with Gasteiger partial charge in [-0.3, -0.25) is 14.6 Å². The van der Waals surface area contributed by atoms with E-state index in [4.69, 9.17) is 4.74 Å². The number of likely N-dealkylation sites (tertiary alicyclic amines) is 1. The molecule has 0 bridgehead atoms. The Kier molecular flexibility index (Phi) is 7.25. The van der Waals surface area contributed by atoms with Crippen LogP contribution in [-0.4, -0.2) is 39.8 Å². The zero-order valence-electron chi connectivity index (χ0n) is 19.6. The summed E-state index contributed by atoms with van der Waals surface area (Å²) in [6, 6.07) is 15.5. The molecule has 6 nitrogen and oxygen atoms in total. The Hall–Kier alpha value is -4.00. The van der Waals surface area contributed by atoms with E-state index in [1.54, 1.807) is 60.9 Å². The number of amides is 1. The highest BCUT2D eigenvalue weighted by atomic mass is 19.1. The maximum absolute atomic E-state index is 13.3. The fraction of sp³-hybridized carbons (Fsp3) is 0.250. The molecule has 1 N–H and O–H groups in total. The van der Waals surface area contributed by atoms with Crippen molar-refractivity contribution in [2.45, 2.75) is 26.3 Å². The van der Waals surface area contributed by atoms with Crippen LogP contribution in [0, 0.1) is 11.7 Å². The van der Waals surface area contributed by atoms with E-state index < -0.39 is 17.7 Å². The summed E-state index contributed by atoms with van der Waals surface area (Å²) < 4.78 is 19.0. The highest BCUT2D eigenvalue weighted by Gasteiger charge is 2.45. The Morgan fingerprint density at radius 1 is 1.03 bits per heavy atom. The number of ketones is 1. The summed E-state index contributed by atoms with van der Waals surface area (Å²) in [7, 11) is 0. The Labute approximate surface area is 203 Å². The minimum absolute atomic E-state index is 0.0242. The molecule has 1 unspecified atom stereocenters. The van der Waals surface area contributed by atoms with Crippen molar-refractivity contribution in [2.75, 3.05) is 13.2 Å². The van der Waals surface area contributed by atoms with Gasteiger partial charge < -0.3 is 14.7 Å². The molecule has 0 radical (unpaired) electrons. The van der Waals surface area contributed by atoms with Crippen LogP contribution in [0.25, 0.3) is 5.76 Å². The maximum atomic E-state index is 13.3. The van der Waals surface area contributed by atoms with Gasteiger partial charge in [-0.15, -0.1) is 0 Å². The smallest absolute Gasteiger partial charge is 0.295 e. The third-order valence-electron chi connectivity index (χ3n) is 5.83. The standard InChI is InChI=1S/C28H27FN2O4/c1-18(2)17-35-23-9-5-21(6-10-23)26(32)24-25(20-11-14-30-15-12-20)31(28(34)27(24)33)16-13-19-3-7-22(29)8-4-19/h3-12,14-15,18,25,32H,13,16-17H2,1-2H3/b26-24-. The number of Topliss-reactive ketones (excluding diaryl/α,β-unsaturated/α-hetero) is 1. The average Bonchev–Trinajstić information content (AvgIpc) is 3.12. The van der Waals surface area contributed by atoms with Gasteiger partial charge in [-0.05, 0) is 72.0 Å². The number of rotatable bonds is 8. The van der Waals surface area contributed by atoms with Crippen LogP contribution in [0.1, 0.15) is 36.6 Å². The van der Waals surface area contributed by atoms with E-state index in [0.717, 1.165) is 5.56 Å². The first-order valence-electron chi connectivity index (χ1n) is 11.5. The third-order valence-corrected chi connectivity index (χ3v) is 5.83. The summed E-state index contributed by atoms with van der Waals surface area (Å²) in [4.78, 5) is 31.6. The molecule has 2 heterocycles. The van der Waals surface area contributed by atoms with Gasteiger partial charge in [0.05, 0.1) is 18.2 Å². The molecule has 1 aromatic heterocycles. The van der Waals surface area contributed by atoms with Gasteiger partial charge in [0.2, 0.25) is 0 Å². The monoisotopic (exact) mass is 474 g/mol. The second-order valence-corrected chi connectivity index (χ2v) is 8.88. The molecule has 1 aliphatic heterocycles. The molecule has 2 aromatic carbocycles. The first-order chi connectivity index (χ1) is 16.8. The summed E-state index contributed by atoms with van der Waals surface area (Å²) in [5.74, 6) is -0.998. The molecule has 35 heavy (non-hydrogen) atoms. The number of carbonyl (C=O) groups excluding carboxylic acids is 2. The number of benzene rings is 2. The number of halogens is 1. The van der Waals surface area contributed by atoms with Crippen molar-refractivity contribution in [3.63, 3.8) is 0 Å². The van der Waals surface area contributed by atoms with Gasteiger partial charge in [-0.25, -0.2) is 4.39 Å². The number of pyridine rings is 1. The van der Waals surface area contributed by atoms with Gasteiger partial charge in [0.15, 0.2) is 0 Å². The number of ether oxygens (including phenoxy) is 1. The molecule has 1 aliphatic rings. The second-order valence-electron chi connectivity index (χ2n) is 8.88. The number of carbonyl (C=O) groups is 2. The van der Waals surface area contributed by atoms with Gasteiger partial charge >= 0.3 is 0 Å². The zero-order chi connectivity index (χ0) is 24.9. The summed E-state index contributed by atoms with van der Waals surface area (Å²) in [6.45, 7) is 4.89. The molecule has 0 saturated carbocycles. The van der Waals surface area contributed by atoms with E-state index in [-0.39, 0.29) is 23.7 Å². The van der Waals surface area contributed by atoms with Gasteiger partial charge in [0, 0.05) is 24.5 Å². The maximum Gasteiger partial charge on any atom is 0.295 e. The molecular weight excluding hydrogens is 447 g/mol. The quantitative estimate of drug-likeness (QED) is 0.285. The molecule has 180 valence electrons. The van der Waals surface area contributed by atoms with Crippen LogP contribution in [0.4, 0.5) is 4.39 Å². The van der Waals surface area contributed by atoms with E-state index in [0.29, 0.717) is 35.8 Å². The highest BCUT2D eigenvalue weighted by Crippen LogP contribution is 2.39. The van der Waals surface area contributed by atoms with E-state index in [1.807, 2.05) is 0 Å². The summed E-state index contributed by atoms with van der Waals surface area (Å²) in [5.41, 5.74) is 1.93. The Balaban J connectivity index is 1.67. The largest absolute Gasteiger partial charge is 0.507 e. The average molecular weight is 475 g/mol. The molecule has 1 saturated heterocycles. The molecule has 1 fully saturated rings. The van der Waals surface area contributed by atoms with Crippen molar-refractivity contribution in [3.05, 3.63) is 101 Å². The number of hydrogen-bond donors (Lipinski definition) is 1. The Morgan fingerprint density at radius 2 is 1.69 bits per heavy atom. The molecular formula is C28H27FN2O4. The van der Waals surface area contributed by atoms with Crippen LogP contribution in [-0.2, 0) is 16.0 Å². The lowest BCUT2D eigenvalue weighted by molar-refractivity contribution is -0.139. The van der Waals surface area contributed by atoms with E-state index in [2.05, 4.69) is 18.8 Å². The molecule has 7 heteroatoms. The number of nitrogens with zero attached hydrogens (tertiary/aromatic N) is 2. The fourth-order valence-corrected chi connectivity index (χ4v) is 4.03. The van der Waals surface area contributed by atoms with E-state index in [9.17, 15) is 19.1 Å². The van der Waals surface area contributed by atoms with Crippen LogP contribution < -0.4 is 4.74 Å². The molecule has 0 aliphatic carbocycles. The predicted molar refractivity (Wildman–Crippen MR) is 130 cm³/mol. The van der Waals surface area contributed by atoms with Crippen molar-refractivity contribution in [3.8, 4) is 5.75 Å². The minimum atomic E-state index is -0.768. The molecule has 1 atom stereocenters. The summed E-state index contributed by atoms with van der Waals surface area (Å²) >= 11 is 0. The number of hydrogen-bond acceptors (Lipinski definition) is 5. The first-order valence-corrected chi connectivity index (χ1v) is 11.5. The first kappa shape index (κ1) is 24.1. The van der Waals surface area contributed by atoms with E-state index >= 15 is 0 Å². The highest BCUT2D eigenvalue weighted by molar-refractivity contribution is 6.46. The SMILES string of the molecule is CC(C)COc1ccc(/C(O)=C2/C(=O)C(=O)N(CCc3ccc(F)cc3)C2c2ccncc2)cc1. The van der Waals surface area contributed by atoms with Crippen molar-refractivity contribution >= 4 is 17.4 Å². The van der Waals surface area contributed by atoms with Crippen LogP contribution in [0.3, 0.4) is 0 Å².